The van der Waals surface area contributed by atoms with E-state index in [1.54, 1.807) is 0 Å². The van der Waals surface area contributed by atoms with Gasteiger partial charge in [-0.25, -0.2) is 0 Å². The second kappa shape index (κ2) is 10.2. The summed E-state index contributed by atoms with van der Waals surface area (Å²) in [4.78, 5) is 25.0. The fraction of sp³-hybridized carbons (Fsp3) is 0.394. The van der Waals surface area contributed by atoms with Gasteiger partial charge in [-0.1, -0.05) is 36.4 Å². The fourth-order valence-electron chi connectivity index (χ4n) is 7.27. The Morgan fingerprint density at radius 1 is 0.590 bits per heavy atom. The van der Waals surface area contributed by atoms with E-state index in [9.17, 15) is 9.59 Å². The van der Waals surface area contributed by atoms with Crippen molar-refractivity contribution in [3.05, 3.63) is 71.8 Å². The van der Waals surface area contributed by atoms with E-state index < -0.39 is 0 Å². The van der Waals surface area contributed by atoms with E-state index in [0.29, 0.717) is 11.8 Å². The average molecular weight is 521 g/mol. The number of carbonyl (C=O) groups excluding carboxylic acids is 2. The monoisotopic (exact) mass is 520 g/mol. The Hall–Kier alpha value is -3.48. The molecular formula is C33H36N4O2. The molecule has 6 heteroatoms. The Labute approximate surface area is 230 Å². The highest BCUT2D eigenvalue weighted by atomic mass is 16.2. The molecule has 2 bridgehead atoms. The molecule has 2 amide bonds. The molecule has 4 atom stereocenters. The van der Waals surface area contributed by atoms with E-state index in [-0.39, 0.29) is 23.9 Å². The SMILES string of the molecule is O=C(Nc1ccc(-c2ccc(-c3ccc(NC(=O)[C@@H]4CCCN4)cc3)c3c2C2CCC3C2)cc1)[C@@H]1CCCN1. The van der Waals surface area contributed by atoms with Crippen molar-refractivity contribution in [1.29, 1.82) is 0 Å². The average Bonchev–Trinajstić information content (AvgIpc) is 3.79. The van der Waals surface area contributed by atoms with Crippen LogP contribution in [0.3, 0.4) is 0 Å². The van der Waals surface area contributed by atoms with Crippen LogP contribution in [0.4, 0.5) is 11.4 Å². The van der Waals surface area contributed by atoms with Gasteiger partial charge in [0.2, 0.25) is 11.8 Å². The molecule has 3 aromatic carbocycles. The number of amides is 2. The Balaban J connectivity index is 1.14. The molecule has 200 valence electrons. The van der Waals surface area contributed by atoms with E-state index in [1.807, 2.05) is 24.3 Å². The zero-order valence-electron chi connectivity index (χ0n) is 22.3. The summed E-state index contributed by atoms with van der Waals surface area (Å²) in [7, 11) is 0. The number of benzene rings is 3. The van der Waals surface area contributed by atoms with Crippen molar-refractivity contribution in [3.63, 3.8) is 0 Å². The van der Waals surface area contributed by atoms with Crippen molar-refractivity contribution in [2.24, 2.45) is 0 Å². The summed E-state index contributed by atoms with van der Waals surface area (Å²) < 4.78 is 0. The first kappa shape index (κ1) is 24.6. The largest absolute Gasteiger partial charge is 0.325 e. The second-order valence-corrected chi connectivity index (χ2v) is 11.6. The molecule has 2 aliphatic carbocycles. The first-order chi connectivity index (χ1) is 19.1. The summed E-state index contributed by atoms with van der Waals surface area (Å²) in [6.07, 6.45) is 7.68. The van der Waals surface area contributed by atoms with Crippen molar-refractivity contribution in [1.82, 2.24) is 10.6 Å². The molecule has 6 nitrogen and oxygen atoms in total. The predicted molar refractivity (Wildman–Crippen MR) is 156 cm³/mol. The number of hydrogen-bond acceptors (Lipinski definition) is 4. The van der Waals surface area contributed by atoms with Crippen molar-refractivity contribution >= 4 is 23.2 Å². The normalized spacial score (nSPS) is 25.0. The Morgan fingerprint density at radius 3 is 1.41 bits per heavy atom. The maximum Gasteiger partial charge on any atom is 0.241 e. The smallest absolute Gasteiger partial charge is 0.241 e. The maximum atomic E-state index is 12.5. The lowest BCUT2D eigenvalue weighted by Crippen LogP contribution is -2.35. The molecule has 2 heterocycles. The van der Waals surface area contributed by atoms with Crippen LogP contribution in [0.1, 0.15) is 67.9 Å². The Bertz CT molecular complexity index is 1280. The van der Waals surface area contributed by atoms with Gasteiger partial charge in [-0.05, 0) is 128 Å². The minimum atomic E-state index is -0.0781. The Kier molecular flexibility index (Phi) is 6.45. The Morgan fingerprint density at radius 2 is 1.03 bits per heavy atom. The molecule has 2 aliphatic heterocycles. The second-order valence-electron chi connectivity index (χ2n) is 11.6. The molecule has 7 rings (SSSR count). The number of nitrogens with one attached hydrogen (secondary N) is 4. The molecule has 0 spiro atoms. The van der Waals surface area contributed by atoms with Crippen molar-refractivity contribution < 1.29 is 9.59 Å². The number of fused-ring (bicyclic) bond motifs is 5. The minimum absolute atomic E-state index is 0.0589. The molecule has 2 unspecified atom stereocenters. The van der Waals surface area contributed by atoms with E-state index in [0.717, 1.165) is 50.1 Å². The van der Waals surface area contributed by atoms with E-state index in [2.05, 4.69) is 57.7 Å². The van der Waals surface area contributed by atoms with Crippen LogP contribution in [0.15, 0.2) is 60.7 Å². The van der Waals surface area contributed by atoms with E-state index in [4.69, 9.17) is 0 Å². The maximum absolute atomic E-state index is 12.5. The summed E-state index contributed by atoms with van der Waals surface area (Å²) in [5.74, 6) is 1.35. The zero-order chi connectivity index (χ0) is 26.3. The van der Waals surface area contributed by atoms with E-state index in [1.165, 1.54) is 52.6 Å². The van der Waals surface area contributed by atoms with Gasteiger partial charge in [0.05, 0.1) is 12.1 Å². The molecule has 1 saturated carbocycles. The molecule has 3 fully saturated rings. The molecule has 2 saturated heterocycles. The zero-order valence-corrected chi connectivity index (χ0v) is 22.3. The summed E-state index contributed by atoms with van der Waals surface area (Å²) in [5.41, 5.74) is 9.79. The van der Waals surface area contributed by atoms with Crippen LogP contribution >= 0.6 is 0 Å². The lowest BCUT2D eigenvalue weighted by molar-refractivity contribution is -0.118. The van der Waals surface area contributed by atoms with Crippen LogP contribution in [-0.2, 0) is 9.59 Å². The molecule has 39 heavy (non-hydrogen) atoms. The number of carbonyl (C=O) groups is 2. The van der Waals surface area contributed by atoms with Gasteiger partial charge in [-0.2, -0.15) is 0 Å². The molecular weight excluding hydrogens is 484 g/mol. The number of hydrogen-bond donors (Lipinski definition) is 4. The highest BCUT2D eigenvalue weighted by Gasteiger charge is 2.40. The van der Waals surface area contributed by atoms with Crippen molar-refractivity contribution in [2.75, 3.05) is 23.7 Å². The quantitative estimate of drug-likeness (QED) is 0.333. The summed E-state index contributed by atoms with van der Waals surface area (Å²) in [5, 5.41) is 12.7. The van der Waals surface area contributed by atoms with Crippen LogP contribution in [0.5, 0.6) is 0 Å². The van der Waals surface area contributed by atoms with Crippen LogP contribution in [0.2, 0.25) is 0 Å². The van der Waals surface area contributed by atoms with Gasteiger partial charge in [-0.3, -0.25) is 9.59 Å². The molecule has 0 aromatic heterocycles. The van der Waals surface area contributed by atoms with Gasteiger partial charge in [0, 0.05) is 11.4 Å². The third-order valence-corrected chi connectivity index (χ3v) is 9.22. The molecule has 4 N–H and O–H groups in total. The summed E-state index contributed by atoms with van der Waals surface area (Å²) in [6, 6.07) is 21.1. The lowest BCUT2D eigenvalue weighted by atomic mass is 9.81. The standard InChI is InChI=1S/C33H36N4O2/c38-32(28-3-1-17-34-28)36-24-11-7-20(8-12-24)26-15-16-27(31-23-6-5-22(19-23)30(26)31)21-9-13-25(14-10-21)37-33(39)29-4-2-18-35-29/h7-16,22-23,28-29,34-35H,1-6,17-19H2,(H,36,38)(H,37,39)/t22?,23?,28-,29-/m0/s1. The summed E-state index contributed by atoms with van der Waals surface area (Å²) >= 11 is 0. The van der Waals surface area contributed by atoms with Crippen LogP contribution < -0.4 is 21.3 Å². The van der Waals surface area contributed by atoms with Gasteiger partial charge < -0.3 is 21.3 Å². The lowest BCUT2D eigenvalue weighted by Gasteiger charge is -2.23. The summed E-state index contributed by atoms with van der Waals surface area (Å²) in [6.45, 7) is 1.83. The minimum Gasteiger partial charge on any atom is -0.325 e. The van der Waals surface area contributed by atoms with Gasteiger partial charge in [-0.15, -0.1) is 0 Å². The highest BCUT2D eigenvalue weighted by molar-refractivity contribution is 5.96. The third kappa shape index (κ3) is 4.66. The first-order valence-corrected chi connectivity index (χ1v) is 14.6. The molecule has 3 aromatic rings. The fourth-order valence-corrected chi connectivity index (χ4v) is 7.27. The predicted octanol–water partition coefficient (Wildman–Crippen LogP) is 5.77. The first-order valence-electron chi connectivity index (χ1n) is 14.6. The van der Waals surface area contributed by atoms with Gasteiger partial charge in [0.15, 0.2) is 0 Å². The van der Waals surface area contributed by atoms with E-state index >= 15 is 0 Å². The highest BCUT2D eigenvalue weighted by Crippen LogP contribution is 2.58. The number of anilines is 2. The molecule has 0 radical (unpaired) electrons. The van der Waals surface area contributed by atoms with Gasteiger partial charge in [0.25, 0.3) is 0 Å². The third-order valence-electron chi connectivity index (χ3n) is 9.22. The van der Waals surface area contributed by atoms with Gasteiger partial charge in [0.1, 0.15) is 0 Å². The van der Waals surface area contributed by atoms with Gasteiger partial charge >= 0.3 is 0 Å². The van der Waals surface area contributed by atoms with Crippen molar-refractivity contribution in [2.45, 2.75) is 68.9 Å². The topological polar surface area (TPSA) is 82.3 Å². The van der Waals surface area contributed by atoms with Crippen LogP contribution in [0, 0.1) is 0 Å². The van der Waals surface area contributed by atoms with Crippen LogP contribution in [-0.4, -0.2) is 37.0 Å². The molecule has 4 aliphatic rings. The van der Waals surface area contributed by atoms with Crippen LogP contribution in [0.25, 0.3) is 22.3 Å². The van der Waals surface area contributed by atoms with Crippen molar-refractivity contribution in [3.8, 4) is 22.3 Å². The number of rotatable bonds is 6.